The molecule has 0 fully saturated rings. The van der Waals surface area contributed by atoms with Gasteiger partial charge in [-0.1, -0.05) is 0 Å². The highest BCUT2D eigenvalue weighted by Crippen LogP contribution is 2.20. The second-order valence-corrected chi connectivity index (χ2v) is 4.44. The number of nitrogens with zero attached hydrogens (tertiary/aromatic N) is 5. The van der Waals surface area contributed by atoms with Crippen LogP contribution in [0, 0.1) is 6.92 Å². The highest BCUT2D eigenvalue weighted by molar-refractivity contribution is 9.10. The first-order valence-corrected chi connectivity index (χ1v) is 5.56. The monoisotopic (exact) mass is 285 g/mol. The Morgan fingerprint density at radius 1 is 1.44 bits per heavy atom. The lowest BCUT2D eigenvalue weighted by Gasteiger charge is -2.01. The second-order valence-electron chi connectivity index (χ2n) is 3.65. The van der Waals surface area contributed by atoms with E-state index in [1.807, 2.05) is 14.0 Å². The molecule has 86 valence electrons. The van der Waals surface area contributed by atoms with Crippen LogP contribution in [0.15, 0.2) is 15.6 Å². The van der Waals surface area contributed by atoms with E-state index in [0.29, 0.717) is 6.54 Å². The van der Waals surface area contributed by atoms with Gasteiger partial charge >= 0.3 is 5.69 Å². The Kier molecular flexibility index (Phi) is 2.71. The summed E-state index contributed by atoms with van der Waals surface area (Å²) in [5.41, 5.74) is 1.70. The Hall–Kier alpha value is -1.37. The smallest absolute Gasteiger partial charge is 0.285 e. The largest absolute Gasteiger partial charge is 0.345 e. The van der Waals surface area contributed by atoms with Crippen LogP contribution in [0.4, 0.5) is 0 Å². The van der Waals surface area contributed by atoms with Crippen LogP contribution in [0.5, 0.6) is 0 Å². The molecule has 0 amide bonds. The molecule has 0 aliphatic heterocycles. The Morgan fingerprint density at radius 3 is 2.56 bits per heavy atom. The molecule has 0 aliphatic rings. The highest BCUT2D eigenvalue weighted by atomic mass is 79.9. The standard InChI is InChI=1S/C9H12BrN5O/c1-6-8(10)7(14(3)12-6)4-15-9(16)13(2)5-11-15/h5H,4H2,1-3H3. The molecule has 2 rings (SSSR count). The van der Waals surface area contributed by atoms with Crippen molar-refractivity contribution in [2.75, 3.05) is 0 Å². The first-order chi connectivity index (χ1) is 7.50. The van der Waals surface area contributed by atoms with Crippen molar-refractivity contribution in [3.8, 4) is 0 Å². The summed E-state index contributed by atoms with van der Waals surface area (Å²) in [6.07, 6.45) is 1.50. The van der Waals surface area contributed by atoms with Crippen molar-refractivity contribution >= 4 is 15.9 Å². The molecule has 0 saturated heterocycles. The minimum Gasteiger partial charge on any atom is -0.285 e. The number of halogens is 1. The zero-order valence-corrected chi connectivity index (χ0v) is 10.9. The normalized spacial score (nSPS) is 11.0. The molecule has 0 unspecified atom stereocenters. The third-order valence-electron chi connectivity index (χ3n) is 2.45. The number of rotatable bonds is 2. The second kappa shape index (κ2) is 3.89. The van der Waals surface area contributed by atoms with Crippen LogP contribution in [-0.2, 0) is 20.6 Å². The van der Waals surface area contributed by atoms with Gasteiger partial charge in [-0.2, -0.15) is 10.2 Å². The van der Waals surface area contributed by atoms with Crippen molar-refractivity contribution in [1.82, 2.24) is 24.1 Å². The molecule has 0 N–H and O–H groups in total. The van der Waals surface area contributed by atoms with Gasteiger partial charge in [-0.25, -0.2) is 9.48 Å². The van der Waals surface area contributed by atoms with E-state index in [-0.39, 0.29) is 5.69 Å². The third kappa shape index (κ3) is 1.71. The van der Waals surface area contributed by atoms with E-state index < -0.39 is 0 Å². The van der Waals surface area contributed by atoms with E-state index in [4.69, 9.17) is 0 Å². The van der Waals surface area contributed by atoms with Gasteiger partial charge in [-0.15, -0.1) is 0 Å². The lowest BCUT2D eigenvalue weighted by molar-refractivity contribution is 0.595. The van der Waals surface area contributed by atoms with E-state index in [2.05, 4.69) is 26.1 Å². The van der Waals surface area contributed by atoms with E-state index in [1.165, 1.54) is 15.6 Å². The predicted octanol–water partition coefficient (Wildman–Crippen LogP) is 0.435. The quantitative estimate of drug-likeness (QED) is 0.804. The number of hydrogen-bond acceptors (Lipinski definition) is 3. The molecular weight excluding hydrogens is 274 g/mol. The van der Waals surface area contributed by atoms with Crippen LogP contribution in [0.3, 0.4) is 0 Å². The number of hydrogen-bond donors (Lipinski definition) is 0. The topological polar surface area (TPSA) is 57.6 Å². The van der Waals surface area contributed by atoms with Gasteiger partial charge in [0.2, 0.25) is 0 Å². The van der Waals surface area contributed by atoms with Crippen molar-refractivity contribution in [3.05, 3.63) is 32.7 Å². The summed E-state index contributed by atoms with van der Waals surface area (Å²) in [6, 6.07) is 0. The number of aryl methyl sites for hydroxylation is 3. The van der Waals surface area contributed by atoms with Gasteiger partial charge in [0.15, 0.2) is 0 Å². The lowest BCUT2D eigenvalue weighted by Crippen LogP contribution is -2.24. The summed E-state index contributed by atoms with van der Waals surface area (Å²) in [5.74, 6) is 0. The molecule has 6 nitrogen and oxygen atoms in total. The summed E-state index contributed by atoms with van der Waals surface area (Å²) < 4.78 is 5.52. The van der Waals surface area contributed by atoms with Crippen molar-refractivity contribution in [2.45, 2.75) is 13.5 Å². The van der Waals surface area contributed by atoms with Gasteiger partial charge in [0, 0.05) is 14.1 Å². The zero-order chi connectivity index (χ0) is 11.9. The van der Waals surface area contributed by atoms with Crippen molar-refractivity contribution in [3.63, 3.8) is 0 Å². The van der Waals surface area contributed by atoms with E-state index in [9.17, 15) is 4.79 Å². The molecule has 0 atom stereocenters. The minimum absolute atomic E-state index is 0.134. The van der Waals surface area contributed by atoms with Gasteiger partial charge in [0.05, 0.1) is 22.4 Å². The summed E-state index contributed by atoms with van der Waals surface area (Å²) in [4.78, 5) is 11.6. The maximum absolute atomic E-state index is 11.6. The average Bonchev–Trinajstić information content (AvgIpc) is 2.66. The Labute approximate surface area is 101 Å². The highest BCUT2D eigenvalue weighted by Gasteiger charge is 2.12. The summed E-state index contributed by atoms with van der Waals surface area (Å²) in [5, 5.41) is 8.27. The molecule has 2 heterocycles. The van der Waals surface area contributed by atoms with E-state index in [1.54, 1.807) is 11.7 Å². The molecule has 0 bridgehead atoms. The molecule has 0 aromatic carbocycles. The first kappa shape index (κ1) is 11.1. The maximum atomic E-state index is 11.6. The van der Waals surface area contributed by atoms with Crippen molar-refractivity contribution in [2.24, 2.45) is 14.1 Å². The molecule has 0 aliphatic carbocycles. The summed E-state index contributed by atoms with van der Waals surface area (Å²) in [7, 11) is 3.52. The Balaban J connectivity index is 2.41. The molecule has 0 saturated carbocycles. The van der Waals surface area contributed by atoms with Crippen LogP contribution >= 0.6 is 15.9 Å². The fraction of sp³-hybridized carbons (Fsp3) is 0.444. The fourth-order valence-corrected chi connectivity index (χ4v) is 1.98. The Morgan fingerprint density at radius 2 is 2.12 bits per heavy atom. The van der Waals surface area contributed by atoms with Crippen LogP contribution in [-0.4, -0.2) is 24.1 Å². The summed E-state index contributed by atoms with van der Waals surface area (Å²) in [6.45, 7) is 2.33. The molecule has 2 aromatic rings. The van der Waals surface area contributed by atoms with E-state index >= 15 is 0 Å². The predicted molar refractivity (Wildman–Crippen MR) is 62.2 cm³/mol. The Bertz CT molecular complexity index is 579. The lowest BCUT2D eigenvalue weighted by atomic mass is 10.4. The SMILES string of the molecule is Cc1nn(C)c(Cn2ncn(C)c2=O)c1Br. The number of aromatic nitrogens is 5. The third-order valence-corrected chi connectivity index (χ3v) is 3.48. The van der Waals surface area contributed by atoms with Gasteiger partial charge in [0.25, 0.3) is 0 Å². The zero-order valence-electron chi connectivity index (χ0n) is 9.31. The van der Waals surface area contributed by atoms with Crippen LogP contribution in [0.2, 0.25) is 0 Å². The molecular formula is C9H12BrN5O. The van der Waals surface area contributed by atoms with Gasteiger partial charge in [-0.05, 0) is 22.9 Å². The molecule has 0 radical (unpaired) electrons. The first-order valence-electron chi connectivity index (χ1n) is 4.77. The molecule has 7 heteroatoms. The van der Waals surface area contributed by atoms with Crippen LogP contribution < -0.4 is 5.69 Å². The van der Waals surface area contributed by atoms with Crippen LogP contribution in [0.25, 0.3) is 0 Å². The molecule has 2 aromatic heterocycles. The van der Waals surface area contributed by atoms with Crippen LogP contribution in [0.1, 0.15) is 11.4 Å². The minimum atomic E-state index is -0.134. The van der Waals surface area contributed by atoms with E-state index in [0.717, 1.165) is 15.9 Å². The maximum Gasteiger partial charge on any atom is 0.345 e. The van der Waals surface area contributed by atoms with Gasteiger partial charge in [-0.3, -0.25) is 9.25 Å². The molecule has 16 heavy (non-hydrogen) atoms. The fourth-order valence-electron chi connectivity index (χ4n) is 1.52. The van der Waals surface area contributed by atoms with Crippen molar-refractivity contribution in [1.29, 1.82) is 0 Å². The van der Waals surface area contributed by atoms with Crippen molar-refractivity contribution < 1.29 is 0 Å². The van der Waals surface area contributed by atoms with Gasteiger partial charge in [0.1, 0.15) is 6.33 Å². The average molecular weight is 286 g/mol. The summed E-state index contributed by atoms with van der Waals surface area (Å²) >= 11 is 3.46. The van der Waals surface area contributed by atoms with Gasteiger partial charge < -0.3 is 0 Å². The molecule has 0 spiro atoms.